The van der Waals surface area contributed by atoms with E-state index in [2.05, 4.69) is 11.1 Å². The molecule has 4 nitrogen and oxygen atoms in total. The van der Waals surface area contributed by atoms with Gasteiger partial charge in [0.05, 0.1) is 13.3 Å². The van der Waals surface area contributed by atoms with Gasteiger partial charge in [-0.25, -0.2) is 4.98 Å². The quantitative estimate of drug-likeness (QED) is 0.841. The Morgan fingerprint density at radius 2 is 2.14 bits per heavy atom. The van der Waals surface area contributed by atoms with Gasteiger partial charge in [0, 0.05) is 11.6 Å². The summed E-state index contributed by atoms with van der Waals surface area (Å²) in [5, 5.41) is 10.2. The number of rotatable bonds is 5. The lowest BCUT2D eigenvalue weighted by molar-refractivity contribution is 0.401. The molecule has 0 fully saturated rings. The lowest BCUT2D eigenvalue weighted by Crippen LogP contribution is -1.93. The number of phenolic OH excluding ortho intramolecular Hbond substituents is 1. The van der Waals surface area contributed by atoms with E-state index in [1.807, 2.05) is 26.0 Å². The van der Waals surface area contributed by atoms with Gasteiger partial charge < -0.3 is 14.3 Å². The Hall–Kier alpha value is -2.49. The first-order valence-corrected chi connectivity index (χ1v) is 6.71. The monoisotopic (exact) mass is 285 g/mol. The number of ether oxygens (including phenoxy) is 1. The maximum atomic E-state index is 10.2. The van der Waals surface area contributed by atoms with Crippen LogP contribution in [0.1, 0.15) is 30.9 Å². The van der Waals surface area contributed by atoms with E-state index < -0.39 is 0 Å². The smallest absolute Gasteiger partial charge is 0.218 e. The number of oxazole rings is 1. The largest absolute Gasteiger partial charge is 0.507 e. The van der Waals surface area contributed by atoms with Gasteiger partial charge in [-0.1, -0.05) is 11.6 Å². The third-order valence-electron chi connectivity index (χ3n) is 3.01. The van der Waals surface area contributed by atoms with E-state index in [9.17, 15) is 5.11 Å². The highest BCUT2D eigenvalue weighted by Crippen LogP contribution is 2.31. The number of hydrogen-bond donors (Lipinski definition) is 1. The second kappa shape index (κ2) is 6.79. The second-order valence-corrected chi connectivity index (χ2v) is 4.91. The zero-order chi connectivity index (χ0) is 15.2. The molecule has 1 N–H and O–H groups in total. The van der Waals surface area contributed by atoms with Gasteiger partial charge in [-0.3, -0.25) is 0 Å². The van der Waals surface area contributed by atoms with Gasteiger partial charge in [0.25, 0.3) is 0 Å². The number of aromatic hydroxyl groups is 1. The number of nitrogens with zero attached hydrogens (tertiary/aromatic N) is 1. The van der Waals surface area contributed by atoms with Crippen LogP contribution in [-0.4, -0.2) is 17.2 Å². The van der Waals surface area contributed by atoms with Crippen LogP contribution in [0, 0.1) is 0 Å². The topological polar surface area (TPSA) is 55.5 Å². The Morgan fingerprint density at radius 3 is 2.76 bits per heavy atom. The highest BCUT2D eigenvalue weighted by molar-refractivity contribution is 5.69. The fourth-order valence-corrected chi connectivity index (χ4v) is 1.93. The molecule has 1 aromatic heterocycles. The molecule has 0 bridgehead atoms. The van der Waals surface area contributed by atoms with Gasteiger partial charge in [0.2, 0.25) is 5.89 Å². The number of allylic oxidation sites excluding steroid dienone is 2. The first kappa shape index (κ1) is 14.9. The summed E-state index contributed by atoms with van der Waals surface area (Å²) in [4.78, 5) is 4.01. The summed E-state index contributed by atoms with van der Waals surface area (Å²) in [5.41, 5.74) is 2.81. The summed E-state index contributed by atoms with van der Waals surface area (Å²) >= 11 is 0. The third-order valence-corrected chi connectivity index (χ3v) is 3.01. The molecule has 0 unspecified atom stereocenters. The molecule has 110 valence electrons. The van der Waals surface area contributed by atoms with E-state index in [1.165, 1.54) is 11.8 Å². The minimum absolute atomic E-state index is 0.221. The highest BCUT2D eigenvalue weighted by atomic mass is 16.5. The van der Waals surface area contributed by atoms with Crippen molar-refractivity contribution >= 4 is 12.2 Å². The average Bonchev–Trinajstić information content (AvgIpc) is 2.96. The number of phenols is 1. The summed E-state index contributed by atoms with van der Waals surface area (Å²) in [6.45, 7) is 4.05. The first-order chi connectivity index (χ1) is 10.1. The lowest BCUT2D eigenvalue weighted by Gasteiger charge is -2.10. The summed E-state index contributed by atoms with van der Waals surface area (Å²) < 4.78 is 10.5. The Labute approximate surface area is 124 Å². The highest BCUT2D eigenvalue weighted by Gasteiger charge is 2.09. The summed E-state index contributed by atoms with van der Waals surface area (Å²) in [5.74, 6) is 1.40. The van der Waals surface area contributed by atoms with Crippen molar-refractivity contribution in [3.8, 4) is 11.5 Å². The molecule has 0 spiro atoms. The molecule has 1 aromatic carbocycles. The molecule has 0 aliphatic rings. The van der Waals surface area contributed by atoms with Gasteiger partial charge in [-0.15, -0.1) is 0 Å². The van der Waals surface area contributed by atoms with Crippen LogP contribution in [0.3, 0.4) is 0 Å². The molecule has 0 saturated heterocycles. The van der Waals surface area contributed by atoms with Crippen LogP contribution in [-0.2, 0) is 6.42 Å². The van der Waals surface area contributed by atoms with Crippen LogP contribution in [0.15, 0.2) is 40.7 Å². The number of aromatic nitrogens is 1. The van der Waals surface area contributed by atoms with E-state index >= 15 is 0 Å². The van der Waals surface area contributed by atoms with Crippen LogP contribution in [0.4, 0.5) is 0 Å². The zero-order valence-corrected chi connectivity index (χ0v) is 12.5. The summed E-state index contributed by atoms with van der Waals surface area (Å²) in [6, 6.07) is 3.59. The fraction of sp³-hybridized carbons (Fsp3) is 0.235. The number of benzene rings is 1. The molecule has 21 heavy (non-hydrogen) atoms. The van der Waals surface area contributed by atoms with E-state index in [4.69, 9.17) is 9.15 Å². The molecule has 0 atom stereocenters. The molecular weight excluding hydrogens is 266 g/mol. The van der Waals surface area contributed by atoms with Gasteiger partial charge in [-0.2, -0.15) is 0 Å². The SMILES string of the molecule is COc1cc(/C=C\c2ncco2)cc(O)c1CC=C(C)C. The molecule has 0 amide bonds. The molecule has 0 aliphatic heterocycles. The minimum Gasteiger partial charge on any atom is -0.507 e. The predicted octanol–water partition coefficient (Wildman–Crippen LogP) is 4.07. The van der Waals surface area contributed by atoms with Crippen molar-refractivity contribution in [2.75, 3.05) is 7.11 Å². The van der Waals surface area contributed by atoms with Crippen molar-refractivity contribution in [2.45, 2.75) is 20.3 Å². The maximum absolute atomic E-state index is 10.2. The Bertz CT molecular complexity index is 651. The normalized spacial score (nSPS) is 10.8. The van der Waals surface area contributed by atoms with E-state index in [0.717, 1.165) is 11.1 Å². The minimum atomic E-state index is 0.221. The third kappa shape index (κ3) is 3.99. The zero-order valence-electron chi connectivity index (χ0n) is 12.5. The molecule has 1 heterocycles. The van der Waals surface area contributed by atoms with Gasteiger partial charge in [0.1, 0.15) is 17.8 Å². The Kier molecular flexibility index (Phi) is 4.82. The predicted molar refractivity (Wildman–Crippen MR) is 83.2 cm³/mol. The van der Waals surface area contributed by atoms with Crippen LogP contribution < -0.4 is 4.74 Å². The molecular formula is C17H19NO3. The van der Waals surface area contributed by atoms with E-state index in [1.54, 1.807) is 25.4 Å². The first-order valence-electron chi connectivity index (χ1n) is 6.71. The van der Waals surface area contributed by atoms with Crippen molar-refractivity contribution in [1.82, 2.24) is 4.98 Å². The number of hydrogen-bond acceptors (Lipinski definition) is 4. The van der Waals surface area contributed by atoms with E-state index in [0.29, 0.717) is 18.1 Å². The fourth-order valence-electron chi connectivity index (χ4n) is 1.93. The molecule has 4 heteroatoms. The van der Waals surface area contributed by atoms with Crippen molar-refractivity contribution in [3.63, 3.8) is 0 Å². The van der Waals surface area contributed by atoms with Crippen LogP contribution in [0.25, 0.3) is 12.2 Å². The van der Waals surface area contributed by atoms with Crippen molar-refractivity contribution in [1.29, 1.82) is 0 Å². The Morgan fingerprint density at radius 1 is 1.33 bits per heavy atom. The van der Waals surface area contributed by atoms with Gasteiger partial charge in [-0.05, 0) is 44.0 Å². The van der Waals surface area contributed by atoms with E-state index in [-0.39, 0.29) is 5.75 Å². The number of methoxy groups -OCH3 is 1. The standard InChI is InChI=1S/C17H19NO3/c1-12(2)4-6-14-15(19)10-13(11-16(14)20-3)5-7-17-18-8-9-21-17/h4-5,7-11,19H,6H2,1-3H3/b7-5-. The molecule has 0 aliphatic carbocycles. The summed E-state index contributed by atoms with van der Waals surface area (Å²) in [7, 11) is 1.60. The lowest BCUT2D eigenvalue weighted by atomic mass is 10.0. The molecule has 0 radical (unpaired) electrons. The van der Waals surface area contributed by atoms with Crippen LogP contribution in [0.5, 0.6) is 11.5 Å². The average molecular weight is 285 g/mol. The molecule has 0 saturated carbocycles. The summed E-state index contributed by atoms with van der Waals surface area (Å²) in [6.07, 6.45) is 9.35. The molecule has 2 aromatic rings. The van der Waals surface area contributed by atoms with Crippen molar-refractivity contribution in [2.24, 2.45) is 0 Å². The molecule has 2 rings (SSSR count). The van der Waals surface area contributed by atoms with Crippen molar-refractivity contribution in [3.05, 3.63) is 53.3 Å². The van der Waals surface area contributed by atoms with Crippen molar-refractivity contribution < 1.29 is 14.3 Å². The van der Waals surface area contributed by atoms with Gasteiger partial charge in [0.15, 0.2) is 0 Å². The van der Waals surface area contributed by atoms with Crippen LogP contribution >= 0.6 is 0 Å². The second-order valence-electron chi connectivity index (χ2n) is 4.91. The van der Waals surface area contributed by atoms with Gasteiger partial charge >= 0.3 is 0 Å². The maximum Gasteiger partial charge on any atom is 0.218 e. The van der Waals surface area contributed by atoms with Crippen LogP contribution in [0.2, 0.25) is 0 Å². The Balaban J connectivity index is 2.29.